The fourth-order valence-electron chi connectivity index (χ4n) is 2.80. The Morgan fingerprint density at radius 1 is 0.913 bits per heavy atom. The lowest BCUT2D eigenvalue weighted by Crippen LogP contribution is -2.07. The van der Waals surface area contributed by atoms with Crippen molar-refractivity contribution in [2.24, 2.45) is 0 Å². The second-order valence-corrected chi connectivity index (χ2v) is 5.35. The Bertz CT molecular complexity index is 1070. The molecule has 2 aromatic heterocycles. The number of pyridine rings is 2. The van der Waals surface area contributed by atoms with E-state index in [0.717, 1.165) is 27.6 Å². The maximum Gasteiger partial charge on any atom is 0.257 e. The SMILES string of the molecule is COc1ccc(-c2cnc3[nH]c(=O)c4ccccc4c3c2)cc1. The van der Waals surface area contributed by atoms with E-state index in [-0.39, 0.29) is 5.56 Å². The summed E-state index contributed by atoms with van der Waals surface area (Å²) in [5, 5.41) is 2.52. The smallest absolute Gasteiger partial charge is 0.257 e. The van der Waals surface area contributed by atoms with Gasteiger partial charge in [0.25, 0.3) is 5.56 Å². The highest BCUT2D eigenvalue weighted by atomic mass is 16.5. The van der Waals surface area contributed by atoms with Crippen molar-refractivity contribution in [3.63, 3.8) is 0 Å². The van der Waals surface area contributed by atoms with Gasteiger partial charge >= 0.3 is 0 Å². The third-order valence-corrected chi connectivity index (χ3v) is 4.00. The van der Waals surface area contributed by atoms with Crippen LogP contribution in [0.4, 0.5) is 0 Å². The number of nitrogens with one attached hydrogen (secondary N) is 1. The predicted molar refractivity (Wildman–Crippen MR) is 91.9 cm³/mol. The summed E-state index contributed by atoms with van der Waals surface area (Å²) in [5.41, 5.74) is 2.54. The molecule has 0 aliphatic rings. The van der Waals surface area contributed by atoms with Crippen LogP contribution in [-0.4, -0.2) is 17.1 Å². The highest BCUT2D eigenvalue weighted by Gasteiger charge is 2.07. The lowest BCUT2D eigenvalue weighted by Gasteiger charge is -2.07. The van der Waals surface area contributed by atoms with Gasteiger partial charge in [-0.25, -0.2) is 4.98 Å². The topological polar surface area (TPSA) is 55.0 Å². The molecule has 0 fully saturated rings. The van der Waals surface area contributed by atoms with E-state index in [4.69, 9.17) is 4.74 Å². The minimum absolute atomic E-state index is 0.113. The van der Waals surface area contributed by atoms with Crippen LogP contribution in [-0.2, 0) is 0 Å². The third kappa shape index (κ3) is 2.25. The summed E-state index contributed by atoms with van der Waals surface area (Å²) < 4.78 is 5.19. The van der Waals surface area contributed by atoms with Gasteiger partial charge in [0, 0.05) is 22.5 Å². The van der Waals surface area contributed by atoms with Crippen LogP contribution in [0.5, 0.6) is 5.75 Å². The molecular formula is C19H14N2O2. The molecule has 4 rings (SSSR count). The summed E-state index contributed by atoms with van der Waals surface area (Å²) in [7, 11) is 1.65. The van der Waals surface area contributed by atoms with Gasteiger partial charge in [0.05, 0.1) is 7.11 Å². The quantitative estimate of drug-likeness (QED) is 0.574. The zero-order chi connectivity index (χ0) is 15.8. The van der Waals surface area contributed by atoms with E-state index in [0.29, 0.717) is 11.0 Å². The first-order chi connectivity index (χ1) is 11.3. The second-order valence-electron chi connectivity index (χ2n) is 5.35. The summed E-state index contributed by atoms with van der Waals surface area (Å²) >= 11 is 0. The molecule has 0 radical (unpaired) electrons. The summed E-state index contributed by atoms with van der Waals surface area (Å²) in [5.74, 6) is 0.817. The van der Waals surface area contributed by atoms with E-state index in [9.17, 15) is 4.79 Å². The van der Waals surface area contributed by atoms with Crippen LogP contribution in [0.1, 0.15) is 0 Å². The Hall–Kier alpha value is -3.14. The number of ether oxygens (including phenoxy) is 1. The molecule has 0 saturated heterocycles. The Kier molecular flexibility index (Phi) is 3.08. The van der Waals surface area contributed by atoms with Crippen molar-refractivity contribution < 1.29 is 4.74 Å². The molecule has 0 aliphatic carbocycles. The molecular weight excluding hydrogens is 288 g/mol. The number of H-pyrrole nitrogens is 1. The van der Waals surface area contributed by atoms with Gasteiger partial charge in [0.1, 0.15) is 11.4 Å². The van der Waals surface area contributed by atoms with Crippen molar-refractivity contribution in [2.45, 2.75) is 0 Å². The first kappa shape index (κ1) is 13.5. The molecule has 4 nitrogen and oxygen atoms in total. The largest absolute Gasteiger partial charge is 0.497 e. The summed E-state index contributed by atoms with van der Waals surface area (Å²) in [6.45, 7) is 0. The summed E-state index contributed by atoms with van der Waals surface area (Å²) in [6, 6.07) is 17.5. The van der Waals surface area contributed by atoms with Gasteiger partial charge in [0.2, 0.25) is 0 Å². The van der Waals surface area contributed by atoms with Crippen molar-refractivity contribution in [1.29, 1.82) is 0 Å². The van der Waals surface area contributed by atoms with Crippen molar-refractivity contribution in [3.8, 4) is 16.9 Å². The van der Waals surface area contributed by atoms with Gasteiger partial charge in [-0.05, 0) is 35.2 Å². The highest BCUT2D eigenvalue weighted by Crippen LogP contribution is 2.27. The molecule has 2 heterocycles. The van der Waals surface area contributed by atoms with E-state index >= 15 is 0 Å². The molecule has 112 valence electrons. The van der Waals surface area contributed by atoms with Crippen LogP contribution in [0.2, 0.25) is 0 Å². The molecule has 23 heavy (non-hydrogen) atoms. The number of benzene rings is 2. The molecule has 0 spiro atoms. The highest BCUT2D eigenvalue weighted by molar-refractivity contribution is 6.05. The van der Waals surface area contributed by atoms with Crippen LogP contribution >= 0.6 is 0 Å². The van der Waals surface area contributed by atoms with Crippen molar-refractivity contribution in [2.75, 3.05) is 7.11 Å². The molecule has 0 bridgehead atoms. The molecule has 1 N–H and O–H groups in total. The van der Waals surface area contributed by atoms with Gasteiger partial charge in [0.15, 0.2) is 0 Å². The standard InChI is InChI=1S/C19H14N2O2/c1-23-14-8-6-12(7-9-14)13-10-17-15-4-2-3-5-16(15)19(22)21-18(17)20-11-13/h2-11H,1H3,(H,20,21,22). The zero-order valence-electron chi connectivity index (χ0n) is 12.5. The number of methoxy groups -OCH3 is 1. The Morgan fingerprint density at radius 3 is 2.39 bits per heavy atom. The summed E-state index contributed by atoms with van der Waals surface area (Å²) in [4.78, 5) is 19.4. The maximum atomic E-state index is 12.1. The molecule has 0 amide bonds. The molecule has 0 saturated carbocycles. The lowest BCUT2D eigenvalue weighted by molar-refractivity contribution is 0.415. The summed E-state index contributed by atoms with van der Waals surface area (Å²) in [6.07, 6.45) is 1.77. The van der Waals surface area contributed by atoms with Crippen LogP contribution in [0.15, 0.2) is 65.6 Å². The van der Waals surface area contributed by atoms with E-state index in [2.05, 4.69) is 16.0 Å². The zero-order valence-corrected chi connectivity index (χ0v) is 12.5. The van der Waals surface area contributed by atoms with E-state index in [1.165, 1.54) is 0 Å². The second kappa shape index (κ2) is 5.25. The number of fused-ring (bicyclic) bond motifs is 3. The van der Waals surface area contributed by atoms with Gasteiger partial charge in [-0.2, -0.15) is 0 Å². The molecule has 0 aliphatic heterocycles. The van der Waals surface area contributed by atoms with Crippen LogP contribution in [0, 0.1) is 0 Å². The van der Waals surface area contributed by atoms with Crippen molar-refractivity contribution in [1.82, 2.24) is 9.97 Å². The van der Waals surface area contributed by atoms with Gasteiger partial charge in [-0.1, -0.05) is 30.3 Å². The number of nitrogens with zero attached hydrogens (tertiary/aromatic N) is 1. The van der Waals surface area contributed by atoms with E-state index in [1.807, 2.05) is 48.5 Å². The van der Waals surface area contributed by atoms with Gasteiger partial charge in [-0.3, -0.25) is 4.79 Å². The average Bonchev–Trinajstić information content (AvgIpc) is 2.62. The van der Waals surface area contributed by atoms with Crippen LogP contribution < -0.4 is 10.3 Å². The fraction of sp³-hybridized carbons (Fsp3) is 0.0526. The minimum atomic E-state index is -0.113. The maximum absolute atomic E-state index is 12.1. The molecule has 2 aromatic carbocycles. The van der Waals surface area contributed by atoms with E-state index < -0.39 is 0 Å². The predicted octanol–water partition coefficient (Wildman–Crippen LogP) is 3.75. The first-order valence-corrected chi connectivity index (χ1v) is 7.31. The number of hydrogen-bond donors (Lipinski definition) is 1. The van der Waals surface area contributed by atoms with Crippen LogP contribution in [0.3, 0.4) is 0 Å². The number of aromatic nitrogens is 2. The number of hydrogen-bond acceptors (Lipinski definition) is 3. The Balaban J connectivity index is 1.97. The first-order valence-electron chi connectivity index (χ1n) is 7.31. The van der Waals surface area contributed by atoms with Crippen LogP contribution in [0.25, 0.3) is 32.9 Å². The average molecular weight is 302 g/mol. The minimum Gasteiger partial charge on any atom is -0.497 e. The molecule has 4 heteroatoms. The Morgan fingerprint density at radius 2 is 1.65 bits per heavy atom. The van der Waals surface area contributed by atoms with E-state index in [1.54, 1.807) is 13.3 Å². The normalized spacial score (nSPS) is 11.0. The Labute approximate surface area is 132 Å². The number of rotatable bonds is 2. The van der Waals surface area contributed by atoms with Crippen molar-refractivity contribution >= 4 is 21.8 Å². The lowest BCUT2D eigenvalue weighted by atomic mass is 10.0. The van der Waals surface area contributed by atoms with Gasteiger partial charge in [-0.15, -0.1) is 0 Å². The number of aromatic amines is 1. The molecule has 0 atom stereocenters. The third-order valence-electron chi connectivity index (χ3n) is 4.00. The molecule has 0 unspecified atom stereocenters. The van der Waals surface area contributed by atoms with Crippen molar-refractivity contribution in [3.05, 3.63) is 71.1 Å². The fourth-order valence-corrected chi connectivity index (χ4v) is 2.80. The monoisotopic (exact) mass is 302 g/mol. The van der Waals surface area contributed by atoms with Gasteiger partial charge < -0.3 is 9.72 Å². The molecule has 4 aromatic rings.